The Morgan fingerprint density at radius 3 is 2.17 bits per heavy atom. The van der Waals surface area contributed by atoms with Crippen LogP contribution in [0.5, 0.6) is 0 Å². The zero-order chi connectivity index (χ0) is 8.59. The number of hydrogen-bond donors (Lipinski definition) is 1. The van der Waals surface area contributed by atoms with Gasteiger partial charge in [0.15, 0.2) is 0 Å². The SMILES string of the molecule is CC(=[N-])n1[c-]c(N)c(C)c1C.[Y]. The molecule has 2 N–H and O–H groups in total. The van der Waals surface area contributed by atoms with E-state index < -0.39 is 0 Å². The molecule has 0 aliphatic rings. The second-order valence-electron chi connectivity index (χ2n) is 2.62. The van der Waals surface area contributed by atoms with E-state index in [2.05, 4.69) is 6.20 Å². The zero-order valence-corrected chi connectivity index (χ0v) is 10.4. The number of nitrogens with two attached hydrogens (primary N) is 1. The molecule has 1 aromatic rings. The van der Waals surface area contributed by atoms with Gasteiger partial charge in [-0.3, -0.25) is 0 Å². The van der Waals surface area contributed by atoms with Crippen LogP contribution in [-0.4, -0.2) is 10.4 Å². The molecule has 3 nitrogen and oxygen atoms in total. The van der Waals surface area contributed by atoms with Gasteiger partial charge in [0.25, 0.3) is 0 Å². The van der Waals surface area contributed by atoms with Crippen molar-refractivity contribution in [2.45, 2.75) is 20.8 Å². The summed E-state index contributed by atoms with van der Waals surface area (Å²) in [5, 5.41) is 9.14. The van der Waals surface area contributed by atoms with Crippen molar-refractivity contribution in [1.29, 1.82) is 0 Å². The van der Waals surface area contributed by atoms with Crippen molar-refractivity contribution in [3.05, 3.63) is 22.9 Å². The molecule has 0 aliphatic carbocycles. The Bertz CT molecular complexity index is 301. The first-order chi connectivity index (χ1) is 5.04. The van der Waals surface area contributed by atoms with E-state index in [0.29, 0.717) is 5.69 Å². The van der Waals surface area contributed by atoms with Gasteiger partial charge in [0.2, 0.25) is 0 Å². The van der Waals surface area contributed by atoms with Gasteiger partial charge in [-0.2, -0.15) is 11.5 Å². The first kappa shape index (κ1) is 11.9. The molecule has 0 saturated heterocycles. The molecule has 63 valence electrons. The van der Waals surface area contributed by atoms with Crippen LogP contribution in [0.25, 0.3) is 5.41 Å². The summed E-state index contributed by atoms with van der Waals surface area (Å²) in [6.45, 7) is 5.39. The van der Waals surface area contributed by atoms with Crippen molar-refractivity contribution in [2.75, 3.05) is 5.73 Å². The van der Waals surface area contributed by atoms with Gasteiger partial charge in [-0.05, 0) is 0 Å². The van der Waals surface area contributed by atoms with Gasteiger partial charge in [-0.15, -0.1) is 11.8 Å². The number of rotatable bonds is 0. The van der Waals surface area contributed by atoms with Crippen molar-refractivity contribution < 1.29 is 32.7 Å². The first-order valence-electron chi connectivity index (χ1n) is 3.43. The molecule has 0 bridgehead atoms. The van der Waals surface area contributed by atoms with Gasteiger partial charge in [0.1, 0.15) is 0 Å². The van der Waals surface area contributed by atoms with Crippen LogP contribution in [0.15, 0.2) is 0 Å². The van der Waals surface area contributed by atoms with Crippen molar-refractivity contribution in [3.63, 3.8) is 0 Å². The van der Waals surface area contributed by atoms with Gasteiger partial charge in [-0.1, -0.05) is 26.5 Å². The summed E-state index contributed by atoms with van der Waals surface area (Å²) in [6, 6.07) is 0. The van der Waals surface area contributed by atoms with Crippen molar-refractivity contribution in [1.82, 2.24) is 4.57 Å². The van der Waals surface area contributed by atoms with Gasteiger partial charge in [-0.25, -0.2) is 0 Å². The maximum atomic E-state index is 9.14. The molecule has 1 heterocycles. The van der Waals surface area contributed by atoms with E-state index in [-0.39, 0.29) is 38.5 Å². The minimum atomic E-state index is 0. The van der Waals surface area contributed by atoms with Crippen molar-refractivity contribution >= 4 is 11.5 Å². The molecule has 4 heteroatoms. The minimum absolute atomic E-state index is 0. The normalized spacial score (nSPS) is 9.25. The van der Waals surface area contributed by atoms with Crippen LogP contribution < -0.4 is 5.73 Å². The summed E-state index contributed by atoms with van der Waals surface area (Å²) >= 11 is 0. The van der Waals surface area contributed by atoms with Crippen LogP contribution in [0.2, 0.25) is 0 Å². The van der Waals surface area contributed by atoms with Crippen LogP contribution in [0.3, 0.4) is 0 Å². The third-order valence-corrected chi connectivity index (χ3v) is 1.84. The number of aromatic nitrogens is 1. The molecular formula is C8H11N3Y-2. The van der Waals surface area contributed by atoms with Gasteiger partial charge in [0.05, 0.1) is 0 Å². The fourth-order valence-corrected chi connectivity index (χ4v) is 0.974. The molecule has 0 aromatic carbocycles. The predicted octanol–water partition coefficient (Wildman–Crippen LogP) is 1.32. The minimum Gasteiger partial charge on any atom is -0.550 e. The summed E-state index contributed by atoms with van der Waals surface area (Å²) < 4.78 is 1.55. The molecule has 1 aromatic heterocycles. The fourth-order valence-electron chi connectivity index (χ4n) is 0.974. The maximum absolute atomic E-state index is 9.14. The van der Waals surface area contributed by atoms with Gasteiger partial charge in [0, 0.05) is 32.7 Å². The van der Waals surface area contributed by atoms with E-state index in [9.17, 15) is 0 Å². The average molecular weight is 238 g/mol. The molecule has 0 atom stereocenters. The van der Waals surface area contributed by atoms with Crippen LogP contribution >= 0.6 is 0 Å². The second kappa shape index (κ2) is 4.19. The van der Waals surface area contributed by atoms with E-state index in [4.69, 9.17) is 11.1 Å². The van der Waals surface area contributed by atoms with E-state index >= 15 is 0 Å². The predicted molar refractivity (Wildman–Crippen MR) is 46.6 cm³/mol. The molecular weight excluding hydrogens is 227 g/mol. The molecule has 0 fully saturated rings. The Morgan fingerprint density at radius 2 is 2.00 bits per heavy atom. The Balaban J connectivity index is 0.00000121. The molecule has 0 saturated carbocycles. The quantitative estimate of drug-likeness (QED) is 0.413. The Hall–Kier alpha value is -0.146. The molecule has 0 spiro atoms. The van der Waals surface area contributed by atoms with Crippen LogP contribution in [0.1, 0.15) is 18.2 Å². The topological polar surface area (TPSA) is 53.2 Å². The fraction of sp³-hybridized carbons (Fsp3) is 0.375. The number of anilines is 1. The van der Waals surface area contributed by atoms with Crippen molar-refractivity contribution in [3.8, 4) is 0 Å². The van der Waals surface area contributed by atoms with Crippen molar-refractivity contribution in [2.24, 2.45) is 0 Å². The van der Waals surface area contributed by atoms with E-state index in [0.717, 1.165) is 11.3 Å². The molecule has 12 heavy (non-hydrogen) atoms. The number of nitrogens with zero attached hydrogens (tertiary/aromatic N) is 2. The summed E-state index contributed by atoms with van der Waals surface area (Å²) in [4.78, 5) is 0. The number of nitrogen functional groups attached to an aromatic ring is 1. The third-order valence-electron chi connectivity index (χ3n) is 1.84. The molecule has 1 rings (SSSR count). The van der Waals surface area contributed by atoms with Crippen LogP contribution in [-0.2, 0) is 32.7 Å². The van der Waals surface area contributed by atoms with E-state index in [1.165, 1.54) is 0 Å². The van der Waals surface area contributed by atoms with Gasteiger partial charge < -0.3 is 15.7 Å². The molecule has 0 aliphatic heterocycles. The first-order valence-corrected chi connectivity index (χ1v) is 3.43. The van der Waals surface area contributed by atoms with Crippen LogP contribution in [0, 0.1) is 20.0 Å². The zero-order valence-electron chi connectivity index (χ0n) is 7.55. The molecule has 1 radical (unpaired) electrons. The second-order valence-corrected chi connectivity index (χ2v) is 2.62. The summed E-state index contributed by atoms with van der Waals surface area (Å²) in [7, 11) is 0. The van der Waals surface area contributed by atoms with E-state index in [1.807, 2.05) is 13.8 Å². The molecule has 0 unspecified atom stereocenters. The maximum Gasteiger partial charge on any atom is 0 e. The Kier molecular flexibility index (Phi) is 4.14. The monoisotopic (exact) mass is 238 g/mol. The third kappa shape index (κ3) is 1.96. The Morgan fingerprint density at radius 1 is 1.50 bits per heavy atom. The summed E-state index contributed by atoms with van der Waals surface area (Å²) in [5.41, 5.74) is 8.08. The smallest absolute Gasteiger partial charge is 0 e. The Labute approximate surface area is 97.7 Å². The van der Waals surface area contributed by atoms with Crippen LogP contribution in [0.4, 0.5) is 5.69 Å². The number of hydrogen-bond acceptors (Lipinski definition) is 1. The standard InChI is InChI=1S/C8H11N3.Y/c1-5-6(2)11(7(3)9)4-8(5)10;/h10H2,1-3H3;/q-2;. The summed E-state index contributed by atoms with van der Waals surface area (Å²) in [6.07, 6.45) is 2.82. The van der Waals surface area contributed by atoms with Gasteiger partial charge >= 0.3 is 0 Å². The largest absolute Gasteiger partial charge is 0.550 e. The molecule has 0 amide bonds. The average Bonchev–Trinajstić information content (AvgIpc) is 2.17. The summed E-state index contributed by atoms with van der Waals surface area (Å²) in [5.74, 6) is 0.197. The van der Waals surface area contributed by atoms with E-state index in [1.54, 1.807) is 11.5 Å².